The van der Waals surface area contributed by atoms with Gasteiger partial charge in [-0.25, -0.2) is 8.42 Å². The molecule has 1 fully saturated rings. The molecular formula is C20H22ClNO3S. The minimum atomic E-state index is -3.08. The molecule has 4 nitrogen and oxygen atoms in total. The van der Waals surface area contributed by atoms with Gasteiger partial charge in [0.2, 0.25) is 0 Å². The lowest BCUT2D eigenvalue weighted by atomic mass is 10.1. The maximum absolute atomic E-state index is 13.1. The van der Waals surface area contributed by atoms with Crippen molar-refractivity contribution in [2.45, 2.75) is 32.4 Å². The number of carbonyl (C=O) groups excluding carboxylic acids is 1. The Morgan fingerprint density at radius 1 is 1.08 bits per heavy atom. The monoisotopic (exact) mass is 391 g/mol. The summed E-state index contributed by atoms with van der Waals surface area (Å²) in [6.07, 6.45) is 1.43. The van der Waals surface area contributed by atoms with Crippen LogP contribution >= 0.6 is 11.6 Å². The van der Waals surface area contributed by atoms with Crippen LogP contribution in [0, 0.1) is 0 Å². The molecule has 6 heteroatoms. The zero-order valence-corrected chi connectivity index (χ0v) is 16.3. The number of carbonyl (C=O) groups is 1. The van der Waals surface area contributed by atoms with Crippen molar-refractivity contribution in [1.82, 2.24) is 4.90 Å². The maximum atomic E-state index is 13.1. The first-order valence-electron chi connectivity index (χ1n) is 8.73. The van der Waals surface area contributed by atoms with Crippen molar-refractivity contribution in [2.24, 2.45) is 0 Å². The Hall–Kier alpha value is -1.85. The molecule has 1 aliphatic heterocycles. The molecule has 0 bridgehead atoms. The highest BCUT2D eigenvalue weighted by Gasteiger charge is 2.35. The zero-order chi connectivity index (χ0) is 18.7. The van der Waals surface area contributed by atoms with E-state index in [1.165, 1.54) is 5.56 Å². The molecule has 1 unspecified atom stereocenters. The van der Waals surface area contributed by atoms with E-state index in [1.807, 2.05) is 24.3 Å². The number of aryl methyl sites for hydroxylation is 1. The Labute approximate surface area is 159 Å². The van der Waals surface area contributed by atoms with E-state index in [9.17, 15) is 13.2 Å². The Morgan fingerprint density at radius 2 is 1.69 bits per heavy atom. The van der Waals surface area contributed by atoms with Crippen LogP contribution in [0.5, 0.6) is 0 Å². The first kappa shape index (κ1) is 18.9. The van der Waals surface area contributed by atoms with E-state index in [2.05, 4.69) is 6.92 Å². The summed E-state index contributed by atoms with van der Waals surface area (Å²) in [7, 11) is -3.08. The van der Waals surface area contributed by atoms with Crippen molar-refractivity contribution in [3.63, 3.8) is 0 Å². The average Bonchev–Trinajstić information content (AvgIpc) is 3.00. The number of amides is 1. The van der Waals surface area contributed by atoms with E-state index in [-0.39, 0.29) is 23.5 Å². The molecular weight excluding hydrogens is 370 g/mol. The van der Waals surface area contributed by atoms with Gasteiger partial charge in [0.05, 0.1) is 11.5 Å². The fraction of sp³-hybridized carbons (Fsp3) is 0.350. The molecule has 1 saturated heterocycles. The van der Waals surface area contributed by atoms with E-state index in [4.69, 9.17) is 11.6 Å². The van der Waals surface area contributed by atoms with Crippen molar-refractivity contribution in [3.05, 3.63) is 70.2 Å². The summed E-state index contributed by atoms with van der Waals surface area (Å²) in [5.74, 6) is -0.000672. The summed E-state index contributed by atoms with van der Waals surface area (Å²) < 4.78 is 23.9. The predicted molar refractivity (Wildman–Crippen MR) is 104 cm³/mol. The summed E-state index contributed by atoms with van der Waals surface area (Å²) in [6, 6.07) is 14.5. The molecule has 2 aromatic rings. The summed E-state index contributed by atoms with van der Waals surface area (Å²) in [5, 5.41) is 0.562. The van der Waals surface area contributed by atoms with Crippen LogP contribution in [0.25, 0.3) is 0 Å². The molecule has 0 spiro atoms. The normalized spacial score (nSPS) is 18.6. The van der Waals surface area contributed by atoms with Crippen molar-refractivity contribution in [1.29, 1.82) is 0 Å². The molecule has 138 valence electrons. The van der Waals surface area contributed by atoms with Crippen molar-refractivity contribution in [3.8, 4) is 0 Å². The summed E-state index contributed by atoms with van der Waals surface area (Å²) in [5.41, 5.74) is 2.74. The Balaban J connectivity index is 1.88. The number of sulfone groups is 1. The lowest BCUT2D eigenvalue weighted by Crippen LogP contribution is -2.40. The molecule has 0 aliphatic carbocycles. The highest BCUT2D eigenvalue weighted by molar-refractivity contribution is 7.91. The van der Waals surface area contributed by atoms with E-state index in [1.54, 1.807) is 29.2 Å². The lowest BCUT2D eigenvalue weighted by molar-refractivity contribution is 0.0681. The van der Waals surface area contributed by atoms with Crippen LogP contribution in [0.15, 0.2) is 48.5 Å². The van der Waals surface area contributed by atoms with Crippen LogP contribution in [0.2, 0.25) is 5.02 Å². The second kappa shape index (κ2) is 7.80. The van der Waals surface area contributed by atoms with E-state index >= 15 is 0 Å². The lowest BCUT2D eigenvalue weighted by Gasteiger charge is -2.28. The van der Waals surface area contributed by atoms with Gasteiger partial charge in [-0.3, -0.25) is 4.79 Å². The number of nitrogens with zero attached hydrogens (tertiary/aromatic N) is 1. The summed E-state index contributed by atoms with van der Waals surface area (Å²) in [4.78, 5) is 14.8. The number of benzene rings is 2. The van der Waals surface area contributed by atoms with Gasteiger partial charge in [-0.2, -0.15) is 0 Å². The Morgan fingerprint density at radius 3 is 2.23 bits per heavy atom. The number of hydrogen-bond donors (Lipinski definition) is 0. The topological polar surface area (TPSA) is 54.5 Å². The highest BCUT2D eigenvalue weighted by Crippen LogP contribution is 2.23. The molecule has 0 saturated carbocycles. The molecule has 1 aliphatic rings. The summed E-state index contributed by atoms with van der Waals surface area (Å²) >= 11 is 5.91. The van der Waals surface area contributed by atoms with Crippen molar-refractivity contribution >= 4 is 27.3 Å². The van der Waals surface area contributed by atoms with Gasteiger partial charge in [0.25, 0.3) is 5.91 Å². The van der Waals surface area contributed by atoms with Crippen LogP contribution in [-0.4, -0.2) is 36.8 Å². The van der Waals surface area contributed by atoms with E-state index in [0.717, 1.165) is 12.0 Å². The second-order valence-electron chi connectivity index (χ2n) is 6.67. The largest absolute Gasteiger partial charge is 0.330 e. The van der Waals surface area contributed by atoms with Crippen LogP contribution in [0.3, 0.4) is 0 Å². The van der Waals surface area contributed by atoms with Crippen molar-refractivity contribution < 1.29 is 13.2 Å². The van der Waals surface area contributed by atoms with Gasteiger partial charge in [0.1, 0.15) is 0 Å². The standard InChI is InChI=1S/C20H22ClNO3S/c1-2-15-3-5-16(6-4-15)13-22(19-11-12-26(24,25)14-19)20(23)17-7-9-18(21)10-8-17/h3-10,19H,2,11-14H2,1H3. The molecule has 0 aromatic heterocycles. The third kappa shape index (κ3) is 4.46. The molecule has 26 heavy (non-hydrogen) atoms. The average molecular weight is 392 g/mol. The SMILES string of the molecule is CCc1ccc(CN(C(=O)c2ccc(Cl)cc2)C2CCS(=O)(=O)C2)cc1. The molecule has 0 N–H and O–H groups in total. The Bertz CT molecular complexity index is 876. The van der Waals surface area contributed by atoms with Gasteiger partial charge < -0.3 is 4.90 Å². The smallest absolute Gasteiger partial charge is 0.254 e. The first-order valence-corrected chi connectivity index (χ1v) is 10.9. The van der Waals surface area contributed by atoms with Gasteiger partial charge in [-0.15, -0.1) is 0 Å². The van der Waals surface area contributed by atoms with Gasteiger partial charge in [-0.05, 0) is 48.2 Å². The maximum Gasteiger partial charge on any atom is 0.254 e. The molecule has 3 rings (SSSR count). The highest BCUT2D eigenvalue weighted by atomic mass is 35.5. The number of hydrogen-bond acceptors (Lipinski definition) is 3. The molecule has 1 heterocycles. The van der Waals surface area contributed by atoms with Crippen LogP contribution < -0.4 is 0 Å². The molecule has 0 radical (unpaired) electrons. The van der Waals surface area contributed by atoms with Crippen LogP contribution in [0.4, 0.5) is 0 Å². The summed E-state index contributed by atoms with van der Waals surface area (Å²) in [6.45, 7) is 2.49. The second-order valence-corrected chi connectivity index (χ2v) is 9.33. The van der Waals surface area contributed by atoms with E-state index in [0.29, 0.717) is 23.6 Å². The minimum absolute atomic E-state index is 0.0272. The number of halogens is 1. The predicted octanol–water partition coefficient (Wildman–Crippen LogP) is 3.73. The fourth-order valence-corrected chi connectivity index (χ4v) is 5.08. The van der Waals surface area contributed by atoms with Crippen LogP contribution in [0.1, 0.15) is 34.8 Å². The van der Waals surface area contributed by atoms with Gasteiger partial charge >= 0.3 is 0 Å². The molecule has 1 atom stereocenters. The molecule has 2 aromatic carbocycles. The number of rotatable bonds is 5. The van der Waals surface area contributed by atoms with Gasteiger partial charge in [-0.1, -0.05) is 42.8 Å². The third-order valence-electron chi connectivity index (χ3n) is 4.79. The van der Waals surface area contributed by atoms with Crippen LogP contribution in [-0.2, 0) is 22.8 Å². The first-order chi connectivity index (χ1) is 12.4. The van der Waals surface area contributed by atoms with Gasteiger partial charge in [0.15, 0.2) is 9.84 Å². The zero-order valence-electron chi connectivity index (χ0n) is 14.7. The van der Waals surface area contributed by atoms with Crippen molar-refractivity contribution in [2.75, 3.05) is 11.5 Å². The third-order valence-corrected chi connectivity index (χ3v) is 6.79. The fourth-order valence-electron chi connectivity index (χ4n) is 3.22. The van der Waals surface area contributed by atoms with E-state index < -0.39 is 9.84 Å². The quantitative estimate of drug-likeness (QED) is 0.780. The minimum Gasteiger partial charge on any atom is -0.330 e. The Kier molecular flexibility index (Phi) is 5.68. The van der Waals surface area contributed by atoms with Gasteiger partial charge in [0, 0.05) is 23.2 Å². The molecule has 1 amide bonds.